The molecule has 0 saturated carbocycles. The van der Waals surface area contributed by atoms with Crippen LogP contribution in [-0.2, 0) is 4.74 Å². The second kappa shape index (κ2) is 6.02. The topological polar surface area (TPSA) is 29.5 Å². The van der Waals surface area contributed by atoms with E-state index in [9.17, 15) is 4.79 Å². The quantitative estimate of drug-likeness (QED) is 0.678. The highest BCUT2D eigenvalue weighted by Crippen LogP contribution is 2.17. The Morgan fingerprint density at radius 2 is 1.93 bits per heavy atom. The first-order chi connectivity index (χ1) is 6.70. The van der Waals surface area contributed by atoms with Crippen molar-refractivity contribution in [2.75, 3.05) is 13.7 Å². The Kier molecular flexibility index (Phi) is 5.37. The van der Waals surface area contributed by atoms with E-state index in [1.165, 1.54) is 4.90 Å². The van der Waals surface area contributed by atoms with E-state index >= 15 is 0 Å². The first-order valence-electron chi connectivity index (χ1n) is 4.59. The predicted octanol–water partition coefficient (Wildman–Crippen LogP) is 2.72. The number of carbonyl (C=O) groups is 1. The van der Waals surface area contributed by atoms with Crippen LogP contribution in [-0.4, -0.2) is 24.6 Å². The zero-order valence-corrected chi connectivity index (χ0v) is 9.04. The Morgan fingerprint density at radius 3 is 2.36 bits per heavy atom. The second-order valence-corrected chi connectivity index (χ2v) is 2.43. The molecule has 3 nitrogen and oxygen atoms in total. The van der Waals surface area contributed by atoms with Gasteiger partial charge in [0.2, 0.25) is 0 Å². The molecule has 0 bridgehead atoms. The highest BCUT2D eigenvalue weighted by atomic mass is 16.6. The lowest BCUT2D eigenvalue weighted by molar-refractivity contribution is 0.121. The molecule has 0 fully saturated rings. The summed E-state index contributed by atoms with van der Waals surface area (Å²) >= 11 is 0. The molecule has 1 rings (SSSR count). The van der Waals surface area contributed by atoms with Crippen LogP contribution in [0.4, 0.5) is 4.79 Å². The minimum Gasteiger partial charge on any atom is -0.444 e. The largest absolute Gasteiger partial charge is 0.444 e. The standard InChI is InChI=1S/C9H11NO2.C2H6/c1-4-7-6-12-9(11)10(3)8(7)5-2;1-2/h4-5H,1-2,6H2,3H3;1-2H3. The van der Waals surface area contributed by atoms with Gasteiger partial charge in [-0.1, -0.05) is 33.1 Å². The van der Waals surface area contributed by atoms with E-state index in [0.717, 1.165) is 11.3 Å². The van der Waals surface area contributed by atoms with Crippen LogP contribution < -0.4 is 0 Å². The lowest BCUT2D eigenvalue weighted by Gasteiger charge is -2.25. The van der Waals surface area contributed by atoms with E-state index in [4.69, 9.17) is 4.74 Å². The molecule has 14 heavy (non-hydrogen) atoms. The third-order valence-corrected chi connectivity index (χ3v) is 1.76. The molecule has 0 N–H and O–H groups in total. The zero-order chi connectivity index (χ0) is 11.1. The van der Waals surface area contributed by atoms with Gasteiger partial charge in [0.05, 0.1) is 5.70 Å². The van der Waals surface area contributed by atoms with E-state index in [2.05, 4.69) is 13.2 Å². The number of nitrogens with zero attached hydrogens (tertiary/aromatic N) is 1. The van der Waals surface area contributed by atoms with Crippen LogP contribution in [0.3, 0.4) is 0 Å². The van der Waals surface area contributed by atoms with Gasteiger partial charge in [-0.2, -0.15) is 0 Å². The average Bonchev–Trinajstić information content (AvgIpc) is 2.24. The van der Waals surface area contributed by atoms with Gasteiger partial charge in [-0.15, -0.1) is 0 Å². The smallest absolute Gasteiger partial charge is 0.414 e. The molecule has 0 spiro atoms. The van der Waals surface area contributed by atoms with Crippen LogP contribution in [0.15, 0.2) is 36.6 Å². The van der Waals surface area contributed by atoms with Crippen molar-refractivity contribution >= 4 is 6.09 Å². The van der Waals surface area contributed by atoms with Gasteiger partial charge >= 0.3 is 6.09 Å². The summed E-state index contributed by atoms with van der Waals surface area (Å²) in [7, 11) is 1.64. The molecule has 1 amide bonds. The minimum absolute atomic E-state index is 0.286. The lowest BCUT2D eigenvalue weighted by Crippen LogP contribution is -2.32. The summed E-state index contributed by atoms with van der Waals surface area (Å²) in [6, 6.07) is 0. The van der Waals surface area contributed by atoms with Crippen molar-refractivity contribution in [3.05, 3.63) is 36.6 Å². The Hall–Kier alpha value is -1.51. The van der Waals surface area contributed by atoms with Gasteiger partial charge < -0.3 is 4.74 Å². The summed E-state index contributed by atoms with van der Waals surface area (Å²) in [6.07, 6.45) is 2.94. The third kappa shape index (κ3) is 2.49. The van der Waals surface area contributed by atoms with Gasteiger partial charge in [-0.05, 0) is 6.08 Å². The minimum atomic E-state index is -0.351. The maximum atomic E-state index is 11.0. The molecular formula is C11H17NO2. The van der Waals surface area contributed by atoms with Crippen molar-refractivity contribution in [3.8, 4) is 0 Å². The van der Waals surface area contributed by atoms with Gasteiger partial charge in [0.1, 0.15) is 6.61 Å². The SMILES string of the molecule is C=CC1=C(C=C)N(C)C(=O)OC1.CC. The van der Waals surface area contributed by atoms with Crippen molar-refractivity contribution < 1.29 is 9.53 Å². The average molecular weight is 195 g/mol. The van der Waals surface area contributed by atoms with Crippen molar-refractivity contribution in [2.24, 2.45) is 0 Å². The van der Waals surface area contributed by atoms with E-state index in [-0.39, 0.29) is 12.7 Å². The highest BCUT2D eigenvalue weighted by molar-refractivity contribution is 5.72. The normalized spacial score (nSPS) is 15.4. The van der Waals surface area contributed by atoms with Crippen molar-refractivity contribution in [3.63, 3.8) is 0 Å². The molecule has 1 heterocycles. The molecule has 3 heteroatoms. The summed E-state index contributed by atoms with van der Waals surface area (Å²) in [6.45, 7) is 11.5. The van der Waals surface area contributed by atoms with Crippen molar-refractivity contribution in [2.45, 2.75) is 13.8 Å². The molecule has 0 aromatic heterocycles. The van der Waals surface area contributed by atoms with E-state index in [0.29, 0.717) is 0 Å². The first-order valence-corrected chi connectivity index (χ1v) is 4.59. The third-order valence-electron chi connectivity index (χ3n) is 1.76. The highest BCUT2D eigenvalue weighted by Gasteiger charge is 2.20. The number of likely N-dealkylation sites (N-methyl/N-ethyl adjacent to an activating group) is 1. The van der Waals surface area contributed by atoms with Crippen LogP contribution in [0, 0.1) is 0 Å². The molecule has 0 aromatic carbocycles. The predicted molar refractivity (Wildman–Crippen MR) is 57.9 cm³/mol. The maximum Gasteiger partial charge on any atom is 0.414 e. The van der Waals surface area contributed by atoms with Crippen LogP contribution >= 0.6 is 0 Å². The Balaban J connectivity index is 0.000000791. The van der Waals surface area contributed by atoms with Crippen molar-refractivity contribution in [1.29, 1.82) is 0 Å². The van der Waals surface area contributed by atoms with E-state index in [1.54, 1.807) is 19.2 Å². The molecule has 1 aliphatic rings. The second-order valence-electron chi connectivity index (χ2n) is 2.43. The number of hydrogen-bond donors (Lipinski definition) is 0. The molecule has 0 aliphatic carbocycles. The number of hydrogen-bond acceptors (Lipinski definition) is 2. The van der Waals surface area contributed by atoms with Crippen molar-refractivity contribution in [1.82, 2.24) is 4.90 Å². The number of carbonyl (C=O) groups excluding carboxylic acids is 1. The molecule has 78 valence electrons. The Labute approximate surface area is 85.4 Å². The van der Waals surface area contributed by atoms with E-state index < -0.39 is 0 Å². The fraction of sp³-hybridized carbons (Fsp3) is 0.364. The fourth-order valence-corrected chi connectivity index (χ4v) is 1.06. The van der Waals surface area contributed by atoms with Gasteiger partial charge in [0, 0.05) is 12.6 Å². The molecule has 0 unspecified atom stereocenters. The monoisotopic (exact) mass is 195 g/mol. The number of amides is 1. The number of allylic oxidation sites excluding steroid dienone is 1. The van der Waals surface area contributed by atoms with Gasteiger partial charge in [0.15, 0.2) is 0 Å². The summed E-state index contributed by atoms with van der Waals surface area (Å²) in [5, 5.41) is 0. The number of cyclic esters (lactones) is 1. The summed E-state index contributed by atoms with van der Waals surface area (Å²) in [4.78, 5) is 12.4. The molecular weight excluding hydrogens is 178 g/mol. The molecule has 0 atom stereocenters. The molecule has 0 radical (unpaired) electrons. The Morgan fingerprint density at radius 1 is 1.36 bits per heavy atom. The number of ether oxygens (including phenoxy) is 1. The zero-order valence-electron chi connectivity index (χ0n) is 9.04. The molecule has 1 aliphatic heterocycles. The van der Waals surface area contributed by atoms with Gasteiger partial charge in [0.25, 0.3) is 0 Å². The van der Waals surface area contributed by atoms with Crippen LogP contribution in [0.2, 0.25) is 0 Å². The summed E-state index contributed by atoms with van der Waals surface area (Å²) in [5.74, 6) is 0. The first kappa shape index (κ1) is 12.5. The number of rotatable bonds is 2. The van der Waals surface area contributed by atoms with Gasteiger partial charge in [-0.25, -0.2) is 4.79 Å². The van der Waals surface area contributed by atoms with Gasteiger partial charge in [-0.3, -0.25) is 4.90 Å². The van der Waals surface area contributed by atoms with E-state index in [1.807, 2.05) is 13.8 Å². The Bertz CT molecular complexity index is 266. The summed E-state index contributed by atoms with van der Waals surface area (Å²) < 4.78 is 4.84. The maximum absolute atomic E-state index is 11.0. The molecule has 0 saturated heterocycles. The van der Waals surface area contributed by atoms with Crippen LogP contribution in [0.5, 0.6) is 0 Å². The van der Waals surface area contributed by atoms with Crippen LogP contribution in [0.25, 0.3) is 0 Å². The lowest BCUT2D eigenvalue weighted by atomic mass is 10.2. The molecule has 0 aromatic rings. The van der Waals surface area contributed by atoms with Crippen LogP contribution in [0.1, 0.15) is 13.8 Å². The summed E-state index contributed by atoms with van der Waals surface area (Å²) in [5.41, 5.74) is 1.65. The fourth-order valence-electron chi connectivity index (χ4n) is 1.06.